The van der Waals surface area contributed by atoms with Crippen LogP contribution in [0.15, 0.2) is 16.7 Å². The minimum Gasteiger partial charge on any atom is -0.392 e. The number of H-pyrrole nitrogens is 1. The largest absolute Gasteiger partial charge is 0.392 e. The molecule has 7 nitrogen and oxygen atoms in total. The molecule has 0 saturated carbocycles. The molecule has 0 aliphatic carbocycles. The number of nitrogens with one attached hydrogen (secondary N) is 2. The molecule has 0 bridgehead atoms. The normalized spacial score (nSPS) is 11.9. The Morgan fingerprint density at radius 1 is 1.56 bits per heavy atom. The zero-order chi connectivity index (χ0) is 13.2. The summed E-state index contributed by atoms with van der Waals surface area (Å²) < 4.78 is 26.4. The average Bonchev–Trinajstić information content (AvgIpc) is 2.95. The van der Waals surface area contributed by atoms with E-state index < -0.39 is 10.0 Å². The first-order chi connectivity index (χ1) is 8.54. The molecule has 0 amide bonds. The smallest absolute Gasteiger partial charge is 0.260 e. The van der Waals surface area contributed by atoms with Crippen molar-refractivity contribution in [3.63, 3.8) is 0 Å². The number of aromatic amines is 1. The second-order valence-electron chi connectivity index (χ2n) is 3.58. The van der Waals surface area contributed by atoms with E-state index in [-0.39, 0.29) is 23.7 Å². The zero-order valence-corrected chi connectivity index (χ0v) is 11.2. The molecule has 0 atom stereocenters. The van der Waals surface area contributed by atoms with E-state index >= 15 is 0 Å². The van der Waals surface area contributed by atoms with Crippen molar-refractivity contribution in [2.45, 2.75) is 25.1 Å². The topological polar surface area (TPSA) is 108 Å². The van der Waals surface area contributed by atoms with Crippen LogP contribution in [-0.2, 0) is 23.2 Å². The molecule has 2 heterocycles. The van der Waals surface area contributed by atoms with Gasteiger partial charge in [-0.1, -0.05) is 0 Å². The molecule has 0 spiro atoms. The van der Waals surface area contributed by atoms with E-state index in [0.29, 0.717) is 5.69 Å². The lowest BCUT2D eigenvalue weighted by atomic mass is 10.3. The summed E-state index contributed by atoms with van der Waals surface area (Å²) >= 11 is 1.36. The van der Waals surface area contributed by atoms with E-state index in [0.717, 1.165) is 4.88 Å². The number of hydrogen-bond acceptors (Lipinski definition) is 6. The molecule has 2 rings (SSSR count). The summed E-state index contributed by atoms with van der Waals surface area (Å²) in [4.78, 5) is 4.66. The molecule has 0 fully saturated rings. The third-order valence-electron chi connectivity index (χ3n) is 2.37. The number of aromatic nitrogens is 3. The van der Waals surface area contributed by atoms with Crippen molar-refractivity contribution in [2.75, 3.05) is 0 Å². The van der Waals surface area contributed by atoms with Crippen LogP contribution in [0, 0.1) is 6.92 Å². The number of thiazole rings is 1. The SMILES string of the molecule is Cc1[nH]nc(S(=O)(=O)NCc2cncs2)c1CO. The monoisotopic (exact) mass is 288 g/mol. The average molecular weight is 288 g/mol. The third-order valence-corrected chi connectivity index (χ3v) is 4.52. The summed E-state index contributed by atoms with van der Waals surface area (Å²) in [5, 5.41) is 15.2. The van der Waals surface area contributed by atoms with Gasteiger partial charge in [0.05, 0.1) is 12.1 Å². The molecule has 0 aliphatic heterocycles. The summed E-state index contributed by atoms with van der Waals surface area (Å²) in [5.41, 5.74) is 2.45. The number of aliphatic hydroxyl groups excluding tert-OH is 1. The fraction of sp³-hybridized carbons (Fsp3) is 0.333. The van der Waals surface area contributed by atoms with Gasteiger partial charge in [0.25, 0.3) is 10.0 Å². The highest BCUT2D eigenvalue weighted by atomic mass is 32.2. The van der Waals surface area contributed by atoms with Gasteiger partial charge in [0.1, 0.15) is 0 Å². The van der Waals surface area contributed by atoms with Gasteiger partial charge in [-0.2, -0.15) is 5.10 Å². The van der Waals surface area contributed by atoms with E-state index in [9.17, 15) is 8.42 Å². The van der Waals surface area contributed by atoms with Crippen LogP contribution < -0.4 is 4.72 Å². The van der Waals surface area contributed by atoms with Crippen LogP contribution in [0.5, 0.6) is 0 Å². The molecular weight excluding hydrogens is 276 g/mol. The van der Waals surface area contributed by atoms with Crippen molar-refractivity contribution in [2.24, 2.45) is 0 Å². The standard InChI is InChI=1S/C9H12N4O3S2/c1-6-8(4-14)9(13-12-6)18(15,16)11-3-7-2-10-5-17-7/h2,5,11,14H,3-4H2,1H3,(H,12,13). The zero-order valence-electron chi connectivity index (χ0n) is 9.54. The van der Waals surface area contributed by atoms with Gasteiger partial charge in [0.2, 0.25) is 0 Å². The Hall–Kier alpha value is -1.29. The number of aliphatic hydroxyl groups is 1. The highest BCUT2D eigenvalue weighted by Crippen LogP contribution is 2.16. The second kappa shape index (κ2) is 5.14. The highest BCUT2D eigenvalue weighted by Gasteiger charge is 2.23. The van der Waals surface area contributed by atoms with Crippen molar-refractivity contribution in [1.29, 1.82) is 0 Å². The third kappa shape index (κ3) is 2.58. The van der Waals surface area contributed by atoms with Crippen molar-refractivity contribution >= 4 is 21.4 Å². The molecule has 0 saturated heterocycles. The highest BCUT2D eigenvalue weighted by molar-refractivity contribution is 7.89. The van der Waals surface area contributed by atoms with Crippen molar-refractivity contribution in [3.8, 4) is 0 Å². The molecule has 2 aromatic rings. The van der Waals surface area contributed by atoms with Crippen molar-refractivity contribution in [1.82, 2.24) is 19.9 Å². The summed E-state index contributed by atoms with van der Waals surface area (Å²) in [7, 11) is -3.73. The number of sulfonamides is 1. The van der Waals surface area contributed by atoms with Gasteiger partial charge in [-0.05, 0) is 6.92 Å². The fourth-order valence-electron chi connectivity index (χ4n) is 1.40. The minimum atomic E-state index is -3.73. The Morgan fingerprint density at radius 3 is 2.94 bits per heavy atom. The lowest BCUT2D eigenvalue weighted by molar-refractivity contribution is 0.277. The number of nitrogens with zero attached hydrogens (tertiary/aromatic N) is 2. The molecule has 2 aromatic heterocycles. The second-order valence-corrected chi connectivity index (χ2v) is 6.24. The predicted molar refractivity (Wildman–Crippen MR) is 65.4 cm³/mol. The maximum atomic E-state index is 12.0. The van der Waals surface area contributed by atoms with Gasteiger partial charge in [-0.3, -0.25) is 10.1 Å². The molecule has 18 heavy (non-hydrogen) atoms. The van der Waals surface area contributed by atoms with Crippen LogP contribution in [-0.4, -0.2) is 28.7 Å². The number of rotatable bonds is 5. The lowest BCUT2D eigenvalue weighted by Crippen LogP contribution is -2.24. The first-order valence-electron chi connectivity index (χ1n) is 5.06. The Bertz CT molecular complexity index is 618. The van der Waals surface area contributed by atoms with Gasteiger partial charge < -0.3 is 5.11 Å². The molecule has 0 aromatic carbocycles. The molecule has 0 aliphatic rings. The number of aryl methyl sites for hydroxylation is 1. The van der Waals surface area contributed by atoms with Crippen LogP contribution in [0.1, 0.15) is 16.1 Å². The molecular formula is C9H12N4O3S2. The van der Waals surface area contributed by atoms with Gasteiger partial charge in [0, 0.05) is 28.9 Å². The van der Waals surface area contributed by atoms with Crippen LogP contribution in [0.3, 0.4) is 0 Å². The summed E-state index contributed by atoms with van der Waals surface area (Å²) in [6.45, 7) is 1.43. The summed E-state index contributed by atoms with van der Waals surface area (Å²) in [6.07, 6.45) is 1.59. The molecule has 98 valence electrons. The van der Waals surface area contributed by atoms with E-state index in [2.05, 4.69) is 19.9 Å². The van der Waals surface area contributed by atoms with E-state index in [1.807, 2.05) is 0 Å². The number of hydrogen-bond donors (Lipinski definition) is 3. The van der Waals surface area contributed by atoms with Gasteiger partial charge >= 0.3 is 0 Å². The van der Waals surface area contributed by atoms with Crippen LogP contribution >= 0.6 is 11.3 Å². The predicted octanol–water partition coefficient (Wildman–Crippen LogP) is 0.145. The van der Waals surface area contributed by atoms with E-state index in [1.54, 1.807) is 18.6 Å². The Kier molecular flexibility index (Phi) is 3.76. The fourth-order valence-corrected chi connectivity index (χ4v) is 3.22. The van der Waals surface area contributed by atoms with Gasteiger partial charge in [-0.25, -0.2) is 13.1 Å². The summed E-state index contributed by atoms with van der Waals surface area (Å²) in [5.74, 6) is 0. The van der Waals surface area contributed by atoms with Crippen LogP contribution in [0.4, 0.5) is 0 Å². The maximum Gasteiger partial charge on any atom is 0.260 e. The van der Waals surface area contributed by atoms with Crippen molar-refractivity contribution in [3.05, 3.63) is 27.8 Å². The van der Waals surface area contributed by atoms with Crippen LogP contribution in [0.2, 0.25) is 0 Å². The summed E-state index contributed by atoms with van der Waals surface area (Å²) in [6, 6.07) is 0. The Morgan fingerprint density at radius 2 is 2.33 bits per heavy atom. The Balaban J connectivity index is 2.20. The first-order valence-corrected chi connectivity index (χ1v) is 7.42. The molecule has 3 N–H and O–H groups in total. The van der Waals surface area contributed by atoms with Gasteiger partial charge in [0.15, 0.2) is 5.03 Å². The maximum absolute atomic E-state index is 12.0. The molecule has 9 heteroatoms. The van der Waals surface area contributed by atoms with Crippen molar-refractivity contribution < 1.29 is 13.5 Å². The van der Waals surface area contributed by atoms with Gasteiger partial charge in [-0.15, -0.1) is 11.3 Å². The van der Waals surface area contributed by atoms with Crippen LogP contribution in [0.25, 0.3) is 0 Å². The minimum absolute atomic E-state index is 0.157. The quantitative estimate of drug-likeness (QED) is 0.725. The van der Waals surface area contributed by atoms with E-state index in [4.69, 9.17) is 5.11 Å². The molecule has 0 radical (unpaired) electrons. The molecule has 0 unspecified atom stereocenters. The first kappa shape index (κ1) is 13.1. The van der Waals surface area contributed by atoms with E-state index in [1.165, 1.54) is 11.3 Å². The Labute approximate surface area is 108 Å². The lowest BCUT2D eigenvalue weighted by Gasteiger charge is -2.04.